The van der Waals surface area contributed by atoms with E-state index in [1.165, 1.54) is 27.8 Å². The fourth-order valence-corrected chi connectivity index (χ4v) is 5.29. The first-order valence-corrected chi connectivity index (χ1v) is 11.3. The highest BCUT2D eigenvalue weighted by Crippen LogP contribution is 2.33. The van der Waals surface area contributed by atoms with Crippen LogP contribution in [0.1, 0.15) is 12.8 Å². The molecule has 8 nitrogen and oxygen atoms in total. The standard InChI is InChI=1S/C15H22N2O6S2/c1-16(24(2,18)19)12-5-7-17(8-6-12)25(20,21)13-3-4-14-15(11-13)23-10-9-22-14/h3-4,11-12H,5-10H2,1-2H3. The first-order chi connectivity index (χ1) is 11.7. The van der Waals surface area contributed by atoms with E-state index in [4.69, 9.17) is 9.47 Å². The Morgan fingerprint density at radius 3 is 2.24 bits per heavy atom. The van der Waals surface area contributed by atoms with Gasteiger partial charge in [-0.2, -0.15) is 4.31 Å². The second kappa shape index (κ2) is 6.75. The zero-order valence-corrected chi connectivity index (χ0v) is 15.8. The van der Waals surface area contributed by atoms with Crippen molar-refractivity contribution in [1.82, 2.24) is 8.61 Å². The molecule has 3 rings (SSSR count). The quantitative estimate of drug-likeness (QED) is 0.743. The second-order valence-electron chi connectivity index (χ2n) is 6.22. The Kier molecular flexibility index (Phi) is 4.97. The lowest BCUT2D eigenvalue weighted by atomic mass is 10.1. The summed E-state index contributed by atoms with van der Waals surface area (Å²) in [5, 5.41) is 0. The Morgan fingerprint density at radius 2 is 1.64 bits per heavy atom. The summed E-state index contributed by atoms with van der Waals surface area (Å²) in [5.74, 6) is 0.970. The van der Waals surface area contributed by atoms with Crippen molar-refractivity contribution in [3.05, 3.63) is 18.2 Å². The highest BCUT2D eigenvalue weighted by molar-refractivity contribution is 7.89. The van der Waals surface area contributed by atoms with Crippen LogP contribution in [0.4, 0.5) is 0 Å². The van der Waals surface area contributed by atoms with Crippen molar-refractivity contribution in [3.63, 3.8) is 0 Å². The highest BCUT2D eigenvalue weighted by atomic mass is 32.2. The molecule has 140 valence electrons. The van der Waals surface area contributed by atoms with Crippen molar-refractivity contribution in [2.75, 3.05) is 39.6 Å². The molecule has 2 aliphatic heterocycles. The molecule has 0 atom stereocenters. The molecule has 0 amide bonds. The van der Waals surface area contributed by atoms with Crippen molar-refractivity contribution < 1.29 is 26.3 Å². The number of ether oxygens (including phenoxy) is 2. The maximum absolute atomic E-state index is 12.8. The van der Waals surface area contributed by atoms with E-state index in [9.17, 15) is 16.8 Å². The predicted molar refractivity (Wildman–Crippen MR) is 91.8 cm³/mol. The van der Waals surface area contributed by atoms with Crippen molar-refractivity contribution in [2.45, 2.75) is 23.8 Å². The lowest BCUT2D eigenvalue weighted by Gasteiger charge is -2.35. The molecule has 0 bridgehead atoms. The van der Waals surface area contributed by atoms with Gasteiger partial charge in [-0.15, -0.1) is 0 Å². The molecule has 1 aromatic carbocycles. The maximum Gasteiger partial charge on any atom is 0.243 e. The molecule has 0 unspecified atom stereocenters. The Hall–Kier alpha value is -1.36. The molecule has 2 aliphatic rings. The molecule has 0 saturated carbocycles. The molecule has 1 saturated heterocycles. The third-order valence-corrected chi connectivity index (χ3v) is 7.85. The van der Waals surface area contributed by atoms with Gasteiger partial charge in [-0.3, -0.25) is 0 Å². The Morgan fingerprint density at radius 1 is 1.04 bits per heavy atom. The molecule has 0 aromatic heterocycles. The molecule has 10 heteroatoms. The lowest BCUT2D eigenvalue weighted by Crippen LogP contribution is -2.46. The minimum absolute atomic E-state index is 0.159. The van der Waals surface area contributed by atoms with Gasteiger partial charge in [0.15, 0.2) is 11.5 Å². The Balaban J connectivity index is 1.74. The van der Waals surface area contributed by atoms with Crippen LogP contribution in [-0.4, -0.2) is 71.1 Å². The van der Waals surface area contributed by atoms with Gasteiger partial charge in [0.1, 0.15) is 13.2 Å². The van der Waals surface area contributed by atoms with Crippen LogP contribution in [0.25, 0.3) is 0 Å². The molecule has 0 aliphatic carbocycles. The zero-order chi connectivity index (χ0) is 18.2. The summed E-state index contributed by atoms with van der Waals surface area (Å²) in [7, 11) is -5.40. The van der Waals surface area contributed by atoms with E-state index in [0.29, 0.717) is 37.6 Å². The van der Waals surface area contributed by atoms with Crippen molar-refractivity contribution in [2.24, 2.45) is 0 Å². The predicted octanol–water partition coefficient (Wildman–Crippen LogP) is 0.502. The molecule has 0 spiro atoms. The Bertz CT molecular complexity index is 845. The molecule has 25 heavy (non-hydrogen) atoms. The summed E-state index contributed by atoms with van der Waals surface area (Å²) < 4.78 is 62.5. The topological polar surface area (TPSA) is 93.2 Å². The van der Waals surface area contributed by atoms with Crippen molar-refractivity contribution >= 4 is 20.0 Å². The van der Waals surface area contributed by atoms with Crippen LogP contribution in [0.3, 0.4) is 0 Å². The fourth-order valence-electron chi connectivity index (χ4n) is 3.05. The van der Waals surface area contributed by atoms with Gasteiger partial charge in [-0.05, 0) is 25.0 Å². The summed E-state index contributed by atoms with van der Waals surface area (Å²) in [6.07, 6.45) is 2.09. The van der Waals surface area contributed by atoms with Crippen molar-refractivity contribution in [3.8, 4) is 11.5 Å². The van der Waals surface area contributed by atoms with Gasteiger partial charge in [-0.1, -0.05) is 0 Å². The number of hydrogen-bond donors (Lipinski definition) is 0. The van der Waals surface area contributed by atoms with E-state index in [0.717, 1.165) is 6.26 Å². The summed E-state index contributed by atoms with van der Waals surface area (Å²) in [5.41, 5.74) is 0. The minimum atomic E-state index is -3.65. The molecular weight excluding hydrogens is 368 g/mol. The molecule has 1 fully saturated rings. The van der Waals surface area contributed by atoms with Crippen LogP contribution < -0.4 is 9.47 Å². The van der Waals surface area contributed by atoms with Crippen LogP contribution in [0.15, 0.2) is 23.1 Å². The summed E-state index contributed by atoms with van der Waals surface area (Å²) >= 11 is 0. The lowest BCUT2D eigenvalue weighted by molar-refractivity contribution is 0.171. The Labute approximate surface area is 148 Å². The number of nitrogens with zero attached hydrogens (tertiary/aromatic N) is 2. The van der Waals surface area contributed by atoms with Crippen LogP contribution in [0.2, 0.25) is 0 Å². The largest absolute Gasteiger partial charge is 0.486 e. The van der Waals surface area contributed by atoms with E-state index >= 15 is 0 Å². The molecular formula is C15H22N2O6S2. The first-order valence-electron chi connectivity index (χ1n) is 8.02. The van der Waals surface area contributed by atoms with Gasteiger partial charge in [0.05, 0.1) is 11.2 Å². The number of rotatable bonds is 4. The van der Waals surface area contributed by atoms with Crippen LogP contribution >= 0.6 is 0 Å². The van der Waals surface area contributed by atoms with Crippen LogP contribution in [0, 0.1) is 0 Å². The molecule has 0 N–H and O–H groups in total. The van der Waals surface area contributed by atoms with E-state index in [1.54, 1.807) is 6.07 Å². The van der Waals surface area contributed by atoms with E-state index in [2.05, 4.69) is 0 Å². The van der Waals surface area contributed by atoms with Gasteiger partial charge in [-0.25, -0.2) is 21.1 Å². The third-order valence-electron chi connectivity index (χ3n) is 4.61. The first kappa shape index (κ1) is 18.4. The van der Waals surface area contributed by atoms with Crippen LogP contribution in [0.5, 0.6) is 11.5 Å². The number of sulfonamides is 2. The van der Waals surface area contributed by atoms with Gasteiger partial charge < -0.3 is 9.47 Å². The average Bonchev–Trinajstić information content (AvgIpc) is 2.60. The smallest absolute Gasteiger partial charge is 0.243 e. The van der Waals surface area contributed by atoms with E-state index < -0.39 is 20.0 Å². The number of piperidine rings is 1. The number of hydrogen-bond acceptors (Lipinski definition) is 6. The molecule has 1 aromatic rings. The second-order valence-corrected chi connectivity index (χ2v) is 10.2. The summed E-state index contributed by atoms with van der Waals surface area (Å²) in [6.45, 7) is 1.39. The van der Waals surface area contributed by atoms with E-state index in [-0.39, 0.29) is 24.0 Å². The third kappa shape index (κ3) is 3.76. The summed E-state index contributed by atoms with van der Waals surface area (Å²) in [4.78, 5) is 0.159. The SMILES string of the molecule is CN(C1CCN(S(=O)(=O)c2ccc3c(c2)OCCO3)CC1)S(C)(=O)=O. The highest BCUT2D eigenvalue weighted by Gasteiger charge is 2.33. The molecule has 2 heterocycles. The van der Waals surface area contributed by atoms with Gasteiger partial charge >= 0.3 is 0 Å². The number of fused-ring (bicyclic) bond motifs is 1. The average molecular weight is 390 g/mol. The van der Waals surface area contributed by atoms with E-state index in [1.807, 2.05) is 0 Å². The van der Waals surface area contributed by atoms with Crippen molar-refractivity contribution in [1.29, 1.82) is 0 Å². The minimum Gasteiger partial charge on any atom is -0.486 e. The monoisotopic (exact) mass is 390 g/mol. The van der Waals surface area contributed by atoms with Gasteiger partial charge in [0.25, 0.3) is 0 Å². The molecule has 0 radical (unpaired) electrons. The number of benzene rings is 1. The fraction of sp³-hybridized carbons (Fsp3) is 0.600. The van der Waals surface area contributed by atoms with Gasteiger partial charge in [0.2, 0.25) is 20.0 Å². The van der Waals surface area contributed by atoms with Gasteiger partial charge in [0, 0.05) is 32.2 Å². The zero-order valence-electron chi connectivity index (χ0n) is 14.2. The summed E-state index contributed by atoms with van der Waals surface area (Å²) in [6, 6.07) is 4.42. The maximum atomic E-state index is 12.8. The van der Waals surface area contributed by atoms with Crippen LogP contribution in [-0.2, 0) is 20.0 Å². The normalized spacial score (nSPS) is 20.0.